The van der Waals surface area contributed by atoms with Crippen LogP contribution in [0.1, 0.15) is 32.9 Å². The quantitative estimate of drug-likeness (QED) is 0.800. The molecule has 1 aromatic heterocycles. The van der Waals surface area contributed by atoms with Gasteiger partial charge >= 0.3 is 0 Å². The molecule has 2 saturated heterocycles. The van der Waals surface area contributed by atoms with Gasteiger partial charge < -0.3 is 9.64 Å². The molecule has 25 heavy (non-hydrogen) atoms. The van der Waals surface area contributed by atoms with Crippen LogP contribution >= 0.6 is 0 Å². The van der Waals surface area contributed by atoms with Crippen LogP contribution in [-0.4, -0.2) is 72.1 Å². The molecule has 2 fully saturated rings. The van der Waals surface area contributed by atoms with Gasteiger partial charge in [0.1, 0.15) is 0 Å². The van der Waals surface area contributed by atoms with E-state index in [9.17, 15) is 4.79 Å². The van der Waals surface area contributed by atoms with Crippen molar-refractivity contribution in [2.75, 3.05) is 52.5 Å². The average Bonchev–Trinajstić information content (AvgIpc) is 3.07. The third kappa shape index (κ3) is 5.12. The molecule has 3 heterocycles. The van der Waals surface area contributed by atoms with Crippen molar-refractivity contribution in [3.8, 4) is 0 Å². The van der Waals surface area contributed by atoms with Crippen LogP contribution in [-0.2, 0) is 16.7 Å². The van der Waals surface area contributed by atoms with E-state index in [4.69, 9.17) is 4.74 Å². The summed E-state index contributed by atoms with van der Waals surface area (Å²) < 4.78 is 7.10. The first-order valence-electron chi connectivity index (χ1n) is 9.53. The van der Waals surface area contributed by atoms with Gasteiger partial charge in [0.2, 0.25) is 0 Å². The Kier molecular flexibility index (Phi) is 5.92. The summed E-state index contributed by atoms with van der Waals surface area (Å²) in [6.07, 6.45) is 1.21. The van der Waals surface area contributed by atoms with Crippen molar-refractivity contribution < 1.29 is 4.74 Å². The largest absolute Gasteiger partial charge is 0.381 e. The number of aromatic nitrogens is 2. The molecule has 6 nitrogen and oxygen atoms in total. The molecule has 0 spiro atoms. The fourth-order valence-corrected chi connectivity index (χ4v) is 3.53. The van der Waals surface area contributed by atoms with Crippen LogP contribution in [0.5, 0.6) is 0 Å². The number of hydrogen-bond acceptors (Lipinski definition) is 5. The Morgan fingerprint density at radius 1 is 1.12 bits per heavy atom. The van der Waals surface area contributed by atoms with Gasteiger partial charge in [0, 0.05) is 57.4 Å². The standard InChI is InChI=1S/C19H32N4O2/c1-19(2,3)17-4-5-18(24)23(20-17)12-11-21-7-9-22(10-8-21)14-16-6-13-25-15-16/h4-5,16H,6-15H2,1-3H3. The molecule has 1 aromatic rings. The first-order valence-corrected chi connectivity index (χ1v) is 9.53. The zero-order valence-corrected chi connectivity index (χ0v) is 15.9. The summed E-state index contributed by atoms with van der Waals surface area (Å²) in [4.78, 5) is 17.1. The van der Waals surface area contributed by atoms with Gasteiger partial charge in [-0.3, -0.25) is 9.69 Å². The fraction of sp³-hybridized carbons (Fsp3) is 0.789. The monoisotopic (exact) mass is 348 g/mol. The van der Waals surface area contributed by atoms with Gasteiger partial charge in [-0.25, -0.2) is 4.68 Å². The molecule has 0 saturated carbocycles. The summed E-state index contributed by atoms with van der Waals surface area (Å²) in [5.74, 6) is 0.717. The topological polar surface area (TPSA) is 50.6 Å². The van der Waals surface area contributed by atoms with E-state index < -0.39 is 0 Å². The number of ether oxygens (including phenoxy) is 1. The Morgan fingerprint density at radius 3 is 2.48 bits per heavy atom. The molecule has 3 rings (SSSR count). The molecule has 0 amide bonds. The lowest BCUT2D eigenvalue weighted by atomic mass is 9.92. The van der Waals surface area contributed by atoms with Crippen LogP contribution in [0.15, 0.2) is 16.9 Å². The van der Waals surface area contributed by atoms with Crippen LogP contribution in [0, 0.1) is 5.92 Å². The molecule has 0 radical (unpaired) electrons. The molecule has 0 N–H and O–H groups in total. The van der Waals surface area contributed by atoms with Crippen molar-refractivity contribution >= 4 is 0 Å². The molecular formula is C19H32N4O2. The minimum atomic E-state index is -0.0367. The van der Waals surface area contributed by atoms with Crippen molar-refractivity contribution in [2.45, 2.75) is 39.2 Å². The van der Waals surface area contributed by atoms with Gasteiger partial charge in [-0.1, -0.05) is 20.8 Å². The van der Waals surface area contributed by atoms with E-state index in [0.29, 0.717) is 6.54 Å². The van der Waals surface area contributed by atoms with E-state index in [-0.39, 0.29) is 11.0 Å². The summed E-state index contributed by atoms with van der Waals surface area (Å²) in [7, 11) is 0. The van der Waals surface area contributed by atoms with Crippen LogP contribution in [0.2, 0.25) is 0 Å². The predicted octanol–water partition coefficient (Wildman–Crippen LogP) is 1.19. The highest BCUT2D eigenvalue weighted by Gasteiger charge is 2.23. The minimum absolute atomic E-state index is 0.00660. The molecule has 6 heteroatoms. The Labute approximate surface area is 150 Å². The fourth-order valence-electron chi connectivity index (χ4n) is 3.53. The SMILES string of the molecule is CC(C)(C)c1ccc(=O)n(CCN2CCN(CC3CCOC3)CC2)n1. The second-order valence-corrected chi connectivity index (χ2v) is 8.40. The second kappa shape index (κ2) is 7.98. The molecule has 0 aromatic carbocycles. The van der Waals surface area contributed by atoms with E-state index in [1.165, 1.54) is 13.0 Å². The molecule has 1 atom stereocenters. The molecule has 2 aliphatic heterocycles. The highest BCUT2D eigenvalue weighted by atomic mass is 16.5. The number of piperazine rings is 1. The highest BCUT2D eigenvalue weighted by Crippen LogP contribution is 2.18. The highest BCUT2D eigenvalue weighted by molar-refractivity contribution is 5.10. The van der Waals surface area contributed by atoms with Gasteiger partial charge in [0.15, 0.2) is 0 Å². The summed E-state index contributed by atoms with van der Waals surface area (Å²) in [5.41, 5.74) is 0.925. The lowest BCUT2D eigenvalue weighted by Gasteiger charge is -2.35. The first kappa shape index (κ1) is 18.5. The van der Waals surface area contributed by atoms with Gasteiger partial charge in [-0.15, -0.1) is 0 Å². The van der Waals surface area contributed by atoms with Crippen molar-refractivity contribution in [2.24, 2.45) is 5.92 Å². The first-order chi connectivity index (χ1) is 11.9. The number of nitrogens with zero attached hydrogens (tertiary/aromatic N) is 4. The molecule has 2 aliphatic rings. The van der Waals surface area contributed by atoms with Crippen molar-refractivity contribution in [1.29, 1.82) is 0 Å². The van der Waals surface area contributed by atoms with Crippen LogP contribution in [0.3, 0.4) is 0 Å². The third-order valence-corrected chi connectivity index (χ3v) is 5.27. The number of hydrogen-bond donors (Lipinski definition) is 0. The smallest absolute Gasteiger partial charge is 0.266 e. The third-order valence-electron chi connectivity index (χ3n) is 5.27. The number of rotatable bonds is 5. The maximum Gasteiger partial charge on any atom is 0.266 e. The summed E-state index contributed by atoms with van der Waals surface area (Å²) in [5, 5.41) is 4.56. The lowest BCUT2D eigenvalue weighted by Crippen LogP contribution is -2.48. The summed E-state index contributed by atoms with van der Waals surface area (Å²) in [6, 6.07) is 3.50. The van der Waals surface area contributed by atoms with Gasteiger partial charge in [0.25, 0.3) is 5.56 Å². The van der Waals surface area contributed by atoms with E-state index in [1.54, 1.807) is 10.7 Å². The Hall–Kier alpha value is -1.24. The van der Waals surface area contributed by atoms with Crippen LogP contribution in [0.4, 0.5) is 0 Å². The Bertz CT molecular complexity index is 609. The van der Waals surface area contributed by atoms with Gasteiger partial charge in [-0.05, 0) is 18.4 Å². The Balaban J connectivity index is 1.47. The van der Waals surface area contributed by atoms with E-state index in [2.05, 4.69) is 35.7 Å². The van der Waals surface area contributed by atoms with Gasteiger partial charge in [0.05, 0.1) is 18.8 Å². The maximum atomic E-state index is 12.1. The lowest BCUT2D eigenvalue weighted by molar-refractivity contribution is 0.107. The van der Waals surface area contributed by atoms with Crippen LogP contribution in [0.25, 0.3) is 0 Å². The molecule has 140 valence electrons. The molecular weight excluding hydrogens is 316 g/mol. The van der Waals surface area contributed by atoms with Gasteiger partial charge in [-0.2, -0.15) is 5.10 Å². The minimum Gasteiger partial charge on any atom is -0.381 e. The van der Waals surface area contributed by atoms with Crippen LogP contribution < -0.4 is 5.56 Å². The van der Waals surface area contributed by atoms with E-state index in [0.717, 1.165) is 57.5 Å². The molecule has 0 bridgehead atoms. The Morgan fingerprint density at radius 2 is 1.84 bits per heavy atom. The summed E-state index contributed by atoms with van der Waals surface area (Å²) in [6.45, 7) is 15.3. The molecule has 0 aliphatic carbocycles. The van der Waals surface area contributed by atoms with E-state index >= 15 is 0 Å². The average molecular weight is 348 g/mol. The second-order valence-electron chi connectivity index (χ2n) is 8.40. The van der Waals surface area contributed by atoms with Crippen molar-refractivity contribution in [3.05, 3.63) is 28.2 Å². The molecule has 1 unspecified atom stereocenters. The zero-order chi connectivity index (χ0) is 17.9. The maximum absolute atomic E-state index is 12.1. The zero-order valence-electron chi connectivity index (χ0n) is 15.9. The predicted molar refractivity (Wildman–Crippen MR) is 99.0 cm³/mol. The van der Waals surface area contributed by atoms with Crippen molar-refractivity contribution in [1.82, 2.24) is 19.6 Å². The normalized spacial score (nSPS) is 23.2. The van der Waals surface area contributed by atoms with Crippen molar-refractivity contribution in [3.63, 3.8) is 0 Å². The summed E-state index contributed by atoms with van der Waals surface area (Å²) >= 11 is 0. The van der Waals surface area contributed by atoms with E-state index in [1.807, 2.05) is 6.07 Å².